The fourth-order valence-electron chi connectivity index (χ4n) is 2.56. The second kappa shape index (κ2) is 4.73. The number of piperazine rings is 1. The van der Waals surface area contributed by atoms with E-state index in [0.29, 0.717) is 5.56 Å². The number of aromatic amines is 1. The van der Waals surface area contributed by atoms with Crippen molar-refractivity contribution in [1.29, 1.82) is 0 Å². The molecule has 0 aliphatic carbocycles. The molecule has 1 aliphatic heterocycles. The van der Waals surface area contributed by atoms with E-state index >= 15 is 0 Å². The summed E-state index contributed by atoms with van der Waals surface area (Å²) in [5.74, 6) is -1.21. The van der Waals surface area contributed by atoms with Crippen LogP contribution in [0.4, 0.5) is 0 Å². The van der Waals surface area contributed by atoms with Crippen LogP contribution >= 0.6 is 0 Å². The van der Waals surface area contributed by atoms with Crippen molar-refractivity contribution in [2.75, 3.05) is 13.1 Å². The molecule has 2 heterocycles. The largest absolute Gasteiger partial charge is 0.358 e. The summed E-state index contributed by atoms with van der Waals surface area (Å²) in [6.07, 6.45) is 0. The Morgan fingerprint density at radius 2 is 1.81 bits per heavy atom. The molecule has 0 spiro atoms. The number of carbonyl (C=O) groups excluding carboxylic acids is 3. The molecule has 3 amide bonds. The molecule has 2 aromatic rings. The first-order valence-electron chi connectivity index (χ1n) is 6.66. The van der Waals surface area contributed by atoms with E-state index in [1.54, 1.807) is 12.1 Å². The highest BCUT2D eigenvalue weighted by molar-refractivity contribution is 6.06. The summed E-state index contributed by atoms with van der Waals surface area (Å²) in [5.41, 5.74) is 3.59. The summed E-state index contributed by atoms with van der Waals surface area (Å²) in [4.78, 5) is 39.7. The van der Waals surface area contributed by atoms with Gasteiger partial charge in [0.15, 0.2) is 0 Å². The van der Waals surface area contributed by atoms with Crippen LogP contribution in [-0.2, 0) is 9.59 Å². The maximum absolute atomic E-state index is 12.4. The number of amides is 3. The molecular weight excluding hydrogens is 270 g/mol. The molecule has 6 nitrogen and oxygen atoms in total. The minimum atomic E-state index is -0.450. The fraction of sp³-hybridized carbons (Fsp3) is 0.267. The van der Waals surface area contributed by atoms with E-state index in [4.69, 9.17) is 0 Å². The van der Waals surface area contributed by atoms with Gasteiger partial charge < -0.3 is 9.88 Å². The van der Waals surface area contributed by atoms with E-state index in [0.717, 1.165) is 22.2 Å². The van der Waals surface area contributed by atoms with Crippen molar-refractivity contribution >= 4 is 28.6 Å². The van der Waals surface area contributed by atoms with Gasteiger partial charge in [0.25, 0.3) is 5.91 Å². The molecule has 1 aromatic carbocycles. The molecule has 0 radical (unpaired) electrons. The summed E-state index contributed by atoms with van der Waals surface area (Å²) in [6, 6.07) is 5.35. The van der Waals surface area contributed by atoms with Gasteiger partial charge in [-0.3, -0.25) is 19.7 Å². The second-order valence-electron chi connectivity index (χ2n) is 5.27. The zero-order chi connectivity index (χ0) is 15.1. The van der Waals surface area contributed by atoms with Crippen LogP contribution in [0.25, 0.3) is 10.9 Å². The summed E-state index contributed by atoms with van der Waals surface area (Å²) in [5, 5.41) is 3.16. The molecule has 0 unspecified atom stereocenters. The Morgan fingerprint density at radius 3 is 2.48 bits per heavy atom. The van der Waals surface area contributed by atoms with Crippen LogP contribution in [0.15, 0.2) is 18.2 Å². The zero-order valence-corrected chi connectivity index (χ0v) is 11.8. The summed E-state index contributed by atoms with van der Waals surface area (Å²) in [6.45, 7) is 3.78. The van der Waals surface area contributed by atoms with Gasteiger partial charge in [0.2, 0.25) is 11.8 Å². The van der Waals surface area contributed by atoms with Gasteiger partial charge in [0.05, 0.1) is 0 Å². The van der Waals surface area contributed by atoms with Gasteiger partial charge >= 0.3 is 0 Å². The lowest BCUT2D eigenvalue weighted by atomic mass is 10.1. The first-order chi connectivity index (χ1) is 9.95. The van der Waals surface area contributed by atoms with E-state index in [1.165, 1.54) is 4.90 Å². The zero-order valence-electron chi connectivity index (χ0n) is 11.8. The van der Waals surface area contributed by atoms with Gasteiger partial charge in [-0.05, 0) is 37.6 Å². The van der Waals surface area contributed by atoms with Crippen molar-refractivity contribution in [3.8, 4) is 0 Å². The predicted octanol–water partition coefficient (Wildman–Crippen LogP) is 0.883. The third kappa shape index (κ3) is 2.29. The molecular formula is C15H15N3O3. The maximum Gasteiger partial charge on any atom is 0.254 e. The van der Waals surface area contributed by atoms with Gasteiger partial charge in [-0.1, -0.05) is 0 Å². The number of nitrogens with one attached hydrogen (secondary N) is 2. The third-order valence-corrected chi connectivity index (χ3v) is 3.79. The number of rotatable bonds is 1. The number of carbonyl (C=O) groups is 3. The maximum atomic E-state index is 12.4. The summed E-state index contributed by atoms with van der Waals surface area (Å²) >= 11 is 0. The lowest BCUT2D eigenvalue weighted by Crippen LogP contribution is -2.53. The molecule has 0 saturated carbocycles. The van der Waals surface area contributed by atoms with Crippen LogP contribution in [0.3, 0.4) is 0 Å². The Labute approximate surface area is 121 Å². The van der Waals surface area contributed by atoms with Crippen molar-refractivity contribution in [1.82, 2.24) is 15.2 Å². The topological polar surface area (TPSA) is 82.3 Å². The Morgan fingerprint density at radius 1 is 1.14 bits per heavy atom. The van der Waals surface area contributed by atoms with E-state index in [2.05, 4.69) is 10.3 Å². The predicted molar refractivity (Wildman–Crippen MR) is 76.8 cm³/mol. The number of nitrogens with zero attached hydrogens (tertiary/aromatic N) is 1. The molecule has 1 fully saturated rings. The van der Waals surface area contributed by atoms with Crippen molar-refractivity contribution in [3.63, 3.8) is 0 Å². The van der Waals surface area contributed by atoms with E-state index < -0.39 is 11.8 Å². The molecule has 0 atom stereocenters. The van der Waals surface area contributed by atoms with Gasteiger partial charge in [-0.2, -0.15) is 0 Å². The molecule has 3 rings (SSSR count). The SMILES string of the molecule is Cc1[nH]c2ccc(C(=O)N3CC(=O)NC(=O)C3)cc2c1C. The van der Waals surface area contributed by atoms with Crippen LogP contribution in [0.2, 0.25) is 0 Å². The molecule has 2 N–H and O–H groups in total. The smallest absolute Gasteiger partial charge is 0.254 e. The van der Waals surface area contributed by atoms with Gasteiger partial charge in [0.1, 0.15) is 13.1 Å². The number of fused-ring (bicyclic) bond motifs is 1. The number of benzene rings is 1. The highest BCUT2D eigenvalue weighted by atomic mass is 16.2. The fourth-order valence-corrected chi connectivity index (χ4v) is 2.56. The minimum Gasteiger partial charge on any atom is -0.358 e. The molecule has 21 heavy (non-hydrogen) atoms. The van der Waals surface area contributed by atoms with Crippen molar-refractivity contribution in [2.24, 2.45) is 0 Å². The first kappa shape index (κ1) is 13.4. The molecule has 1 saturated heterocycles. The average Bonchev–Trinajstić information content (AvgIpc) is 2.72. The minimum absolute atomic E-state index is 0.0895. The molecule has 0 bridgehead atoms. The van der Waals surface area contributed by atoms with Crippen LogP contribution in [-0.4, -0.2) is 40.7 Å². The lowest BCUT2D eigenvalue weighted by Gasteiger charge is -2.25. The number of H-pyrrole nitrogens is 1. The third-order valence-electron chi connectivity index (χ3n) is 3.79. The highest BCUT2D eigenvalue weighted by Gasteiger charge is 2.27. The quantitative estimate of drug-likeness (QED) is 0.763. The van der Waals surface area contributed by atoms with E-state index in [9.17, 15) is 14.4 Å². The van der Waals surface area contributed by atoms with Crippen molar-refractivity contribution in [3.05, 3.63) is 35.0 Å². The Hall–Kier alpha value is -2.63. The first-order valence-corrected chi connectivity index (χ1v) is 6.66. The molecule has 1 aliphatic rings. The molecule has 1 aromatic heterocycles. The molecule has 108 valence electrons. The van der Waals surface area contributed by atoms with Crippen molar-refractivity contribution < 1.29 is 14.4 Å². The van der Waals surface area contributed by atoms with Gasteiger partial charge in [-0.25, -0.2) is 0 Å². The average molecular weight is 285 g/mol. The van der Waals surface area contributed by atoms with Crippen LogP contribution in [0.1, 0.15) is 21.6 Å². The Bertz CT molecular complexity index is 760. The summed E-state index contributed by atoms with van der Waals surface area (Å²) in [7, 11) is 0. The lowest BCUT2D eigenvalue weighted by molar-refractivity contribution is -0.135. The van der Waals surface area contributed by atoms with Gasteiger partial charge in [0, 0.05) is 22.2 Å². The number of hydrogen-bond donors (Lipinski definition) is 2. The van der Waals surface area contributed by atoms with Crippen LogP contribution in [0, 0.1) is 13.8 Å². The monoisotopic (exact) mass is 285 g/mol. The van der Waals surface area contributed by atoms with Crippen molar-refractivity contribution in [2.45, 2.75) is 13.8 Å². The van der Waals surface area contributed by atoms with Gasteiger partial charge in [-0.15, -0.1) is 0 Å². The normalized spacial score (nSPS) is 15.4. The van der Waals surface area contributed by atoms with E-state index in [-0.39, 0.29) is 19.0 Å². The van der Waals surface area contributed by atoms with Crippen LogP contribution in [0.5, 0.6) is 0 Å². The Balaban J connectivity index is 1.96. The standard InChI is InChI=1S/C15H15N3O3/c1-8-9(2)16-12-4-3-10(5-11(8)12)15(21)18-6-13(19)17-14(20)7-18/h3-5,16H,6-7H2,1-2H3,(H,17,19,20). The van der Waals surface area contributed by atoms with E-state index in [1.807, 2.05) is 19.9 Å². The number of imide groups is 1. The summed E-state index contributed by atoms with van der Waals surface area (Å²) < 4.78 is 0. The Kier molecular flexibility index (Phi) is 3.01. The number of hydrogen-bond acceptors (Lipinski definition) is 3. The molecule has 6 heteroatoms. The highest BCUT2D eigenvalue weighted by Crippen LogP contribution is 2.23. The number of aryl methyl sites for hydroxylation is 2. The second-order valence-corrected chi connectivity index (χ2v) is 5.27. The van der Waals surface area contributed by atoms with Crippen LogP contribution < -0.4 is 5.32 Å². The number of aromatic nitrogens is 1.